The van der Waals surface area contributed by atoms with Gasteiger partial charge < -0.3 is 5.73 Å². The van der Waals surface area contributed by atoms with Crippen LogP contribution in [0, 0.1) is 11.8 Å². The SMILES string of the molecule is C=CS(=O)(=O)N1CCCC(n2nc(C3=CC(C)C(CN4CCc5ccccc5C4)C=C3)c3c(N)ncnc32)C1. The number of piperidine rings is 1. The summed E-state index contributed by atoms with van der Waals surface area (Å²) >= 11 is 0. The van der Waals surface area contributed by atoms with Crippen molar-refractivity contribution in [1.82, 2.24) is 29.0 Å². The van der Waals surface area contributed by atoms with Crippen LogP contribution in [0.4, 0.5) is 5.82 Å². The number of nitrogens with zero attached hydrogens (tertiary/aromatic N) is 6. The van der Waals surface area contributed by atoms with Crippen molar-refractivity contribution in [1.29, 1.82) is 0 Å². The molecule has 0 radical (unpaired) electrons. The van der Waals surface area contributed by atoms with Gasteiger partial charge in [-0.15, -0.1) is 0 Å². The Kier molecular flexibility index (Phi) is 6.86. The highest BCUT2D eigenvalue weighted by Gasteiger charge is 2.32. The van der Waals surface area contributed by atoms with Gasteiger partial charge in [0.15, 0.2) is 5.65 Å². The number of nitrogens with two attached hydrogens (primary N) is 1. The number of sulfonamides is 1. The van der Waals surface area contributed by atoms with Crippen molar-refractivity contribution >= 4 is 32.4 Å². The molecule has 0 spiro atoms. The number of rotatable bonds is 6. The minimum atomic E-state index is -3.51. The number of hydrogen-bond donors (Lipinski definition) is 1. The molecule has 2 aliphatic heterocycles. The second-order valence-corrected chi connectivity index (χ2v) is 12.8. The van der Waals surface area contributed by atoms with Crippen LogP contribution in [0.15, 0.2) is 60.8 Å². The zero-order valence-electron chi connectivity index (χ0n) is 22.3. The van der Waals surface area contributed by atoms with Gasteiger partial charge in [0.1, 0.15) is 17.8 Å². The van der Waals surface area contributed by atoms with E-state index in [0.717, 1.165) is 61.0 Å². The molecule has 2 N–H and O–H groups in total. The van der Waals surface area contributed by atoms with Crippen LogP contribution >= 0.6 is 0 Å². The maximum absolute atomic E-state index is 12.5. The Morgan fingerprint density at radius 2 is 2.00 bits per heavy atom. The highest BCUT2D eigenvalue weighted by molar-refractivity contribution is 7.92. The molecule has 3 aromatic rings. The molecule has 4 heterocycles. The zero-order valence-corrected chi connectivity index (χ0v) is 23.1. The molecule has 1 saturated heterocycles. The Morgan fingerprint density at radius 1 is 1.18 bits per heavy atom. The average Bonchev–Trinajstić information content (AvgIpc) is 3.35. The number of anilines is 1. The van der Waals surface area contributed by atoms with E-state index < -0.39 is 10.0 Å². The molecule has 1 aromatic carbocycles. The summed E-state index contributed by atoms with van der Waals surface area (Å²) in [6.45, 7) is 9.61. The van der Waals surface area contributed by atoms with Crippen LogP contribution in [-0.2, 0) is 23.0 Å². The van der Waals surface area contributed by atoms with Crippen molar-refractivity contribution in [3.8, 4) is 0 Å². The summed E-state index contributed by atoms with van der Waals surface area (Å²) in [5, 5.41) is 6.73. The first-order chi connectivity index (χ1) is 18.8. The van der Waals surface area contributed by atoms with Crippen LogP contribution in [0.3, 0.4) is 0 Å². The number of nitrogen functional groups attached to an aromatic ring is 1. The van der Waals surface area contributed by atoms with Gasteiger partial charge in [0.05, 0.1) is 11.4 Å². The maximum Gasteiger partial charge on any atom is 0.235 e. The van der Waals surface area contributed by atoms with Crippen LogP contribution in [0.1, 0.15) is 42.6 Å². The first-order valence-electron chi connectivity index (χ1n) is 13.6. The fourth-order valence-corrected chi connectivity index (χ4v) is 7.14. The summed E-state index contributed by atoms with van der Waals surface area (Å²) in [5.41, 5.74) is 11.7. The molecule has 3 atom stereocenters. The highest BCUT2D eigenvalue weighted by atomic mass is 32.2. The Balaban J connectivity index is 1.26. The number of allylic oxidation sites excluding steroid dienone is 3. The van der Waals surface area contributed by atoms with E-state index in [4.69, 9.17) is 10.8 Å². The predicted octanol–water partition coefficient (Wildman–Crippen LogP) is 3.78. The lowest BCUT2D eigenvalue weighted by Gasteiger charge is -2.33. The monoisotopic (exact) mass is 545 g/mol. The van der Waals surface area contributed by atoms with Crippen molar-refractivity contribution in [2.24, 2.45) is 11.8 Å². The normalized spacial score (nSPS) is 24.4. The van der Waals surface area contributed by atoms with Gasteiger partial charge in [-0.25, -0.2) is 23.1 Å². The number of aromatic nitrogens is 4. The third-order valence-electron chi connectivity index (χ3n) is 8.39. The molecule has 9 nitrogen and oxygen atoms in total. The second-order valence-electron chi connectivity index (χ2n) is 10.9. The minimum absolute atomic E-state index is 0.153. The van der Waals surface area contributed by atoms with Gasteiger partial charge >= 0.3 is 0 Å². The number of hydrogen-bond acceptors (Lipinski definition) is 7. The van der Waals surface area contributed by atoms with Gasteiger partial charge in [-0.2, -0.15) is 9.40 Å². The topological polar surface area (TPSA) is 110 Å². The van der Waals surface area contributed by atoms with Gasteiger partial charge in [-0.05, 0) is 47.8 Å². The van der Waals surface area contributed by atoms with E-state index in [1.807, 2.05) is 4.68 Å². The van der Waals surface area contributed by atoms with Crippen LogP contribution < -0.4 is 5.73 Å². The highest BCUT2D eigenvalue weighted by Crippen LogP contribution is 2.36. The van der Waals surface area contributed by atoms with Crippen molar-refractivity contribution in [3.63, 3.8) is 0 Å². The Bertz CT molecular complexity index is 1580. The Hall–Kier alpha value is -3.34. The molecule has 10 heteroatoms. The fraction of sp³-hybridized carbons (Fsp3) is 0.414. The van der Waals surface area contributed by atoms with Crippen molar-refractivity contribution in [2.45, 2.75) is 38.8 Å². The van der Waals surface area contributed by atoms with E-state index in [9.17, 15) is 8.42 Å². The van der Waals surface area contributed by atoms with E-state index in [-0.39, 0.29) is 6.04 Å². The molecular formula is C29H35N7O2S. The summed E-state index contributed by atoms with van der Waals surface area (Å²) < 4.78 is 28.3. The molecule has 204 valence electrons. The van der Waals surface area contributed by atoms with Gasteiger partial charge in [-0.1, -0.05) is 56.0 Å². The fourth-order valence-electron chi connectivity index (χ4n) is 6.17. The van der Waals surface area contributed by atoms with Gasteiger partial charge in [0.25, 0.3) is 0 Å². The lowest BCUT2D eigenvalue weighted by Crippen LogP contribution is -2.40. The lowest BCUT2D eigenvalue weighted by molar-refractivity contribution is 0.215. The van der Waals surface area contributed by atoms with Crippen LogP contribution in [0.25, 0.3) is 16.6 Å². The molecule has 6 rings (SSSR count). The molecule has 3 unspecified atom stereocenters. The van der Waals surface area contributed by atoms with Gasteiger partial charge in [0.2, 0.25) is 10.0 Å². The molecule has 2 aromatic heterocycles. The summed E-state index contributed by atoms with van der Waals surface area (Å²) in [7, 11) is -3.51. The molecule has 0 amide bonds. The molecule has 3 aliphatic rings. The smallest absolute Gasteiger partial charge is 0.235 e. The lowest BCUT2D eigenvalue weighted by atomic mass is 9.85. The summed E-state index contributed by atoms with van der Waals surface area (Å²) in [4.78, 5) is 11.3. The molecule has 0 saturated carbocycles. The zero-order chi connectivity index (χ0) is 27.1. The van der Waals surface area contributed by atoms with E-state index in [2.05, 4.69) is 70.9 Å². The summed E-state index contributed by atoms with van der Waals surface area (Å²) in [6.07, 6.45) is 10.8. The Morgan fingerprint density at radius 3 is 2.79 bits per heavy atom. The largest absolute Gasteiger partial charge is 0.383 e. The van der Waals surface area contributed by atoms with Crippen molar-refractivity contribution < 1.29 is 8.42 Å². The van der Waals surface area contributed by atoms with E-state index in [1.165, 1.54) is 21.8 Å². The van der Waals surface area contributed by atoms with E-state index in [0.29, 0.717) is 36.4 Å². The third kappa shape index (κ3) is 4.92. The molecule has 0 bridgehead atoms. The van der Waals surface area contributed by atoms with Crippen molar-refractivity contribution in [3.05, 3.63) is 77.6 Å². The molecule has 1 fully saturated rings. The first kappa shape index (κ1) is 25.9. The van der Waals surface area contributed by atoms with E-state index >= 15 is 0 Å². The van der Waals surface area contributed by atoms with Gasteiger partial charge in [-0.3, -0.25) is 4.90 Å². The minimum Gasteiger partial charge on any atom is -0.383 e. The molecule has 39 heavy (non-hydrogen) atoms. The summed E-state index contributed by atoms with van der Waals surface area (Å²) in [5.74, 6) is 1.09. The number of benzene rings is 1. The Labute approximate surface area is 229 Å². The van der Waals surface area contributed by atoms with Crippen molar-refractivity contribution in [2.75, 3.05) is 31.9 Å². The van der Waals surface area contributed by atoms with Crippen LogP contribution in [0.2, 0.25) is 0 Å². The van der Waals surface area contributed by atoms with Crippen LogP contribution in [-0.4, -0.2) is 63.6 Å². The first-order valence-corrected chi connectivity index (χ1v) is 15.1. The number of fused-ring (bicyclic) bond motifs is 2. The third-order valence-corrected chi connectivity index (χ3v) is 9.86. The quantitative estimate of drug-likeness (QED) is 0.502. The van der Waals surface area contributed by atoms with E-state index in [1.54, 1.807) is 0 Å². The predicted molar refractivity (Wildman–Crippen MR) is 154 cm³/mol. The van der Waals surface area contributed by atoms with Crippen LogP contribution in [0.5, 0.6) is 0 Å². The maximum atomic E-state index is 12.5. The molecular weight excluding hydrogens is 510 g/mol. The summed E-state index contributed by atoms with van der Waals surface area (Å²) in [6, 6.07) is 8.59. The van der Waals surface area contributed by atoms with Gasteiger partial charge in [0, 0.05) is 38.1 Å². The second kappa shape index (κ2) is 10.3. The standard InChI is InChI=1S/C29H35N7O2S/c1-3-39(37,38)35-13-6-9-25(18-35)36-29-26(28(30)31-19-32-29)27(33-36)22-10-11-23(20(2)15-22)16-34-14-12-21-7-4-5-8-24(21)17-34/h3-5,7-8,10-11,15,19-20,23,25H,1,6,9,12-14,16-18H2,2H3,(H2,30,31,32). The average molecular weight is 546 g/mol. The molecule has 1 aliphatic carbocycles.